The van der Waals surface area contributed by atoms with Gasteiger partial charge in [-0.15, -0.1) is 0 Å². The van der Waals surface area contributed by atoms with Gasteiger partial charge < -0.3 is 4.74 Å². The molecule has 4 unspecified atom stereocenters. The maximum Gasteiger partial charge on any atom is 0.421 e. The van der Waals surface area contributed by atoms with Crippen molar-refractivity contribution in [2.75, 3.05) is 7.11 Å². The second-order valence-electron chi connectivity index (χ2n) is 6.86. The van der Waals surface area contributed by atoms with Gasteiger partial charge in [0.1, 0.15) is 0 Å². The van der Waals surface area contributed by atoms with Crippen LogP contribution in [0.3, 0.4) is 0 Å². The first-order chi connectivity index (χ1) is 12.0. The second-order valence-corrected chi connectivity index (χ2v) is 6.86. The number of ether oxygens (including phenoxy) is 1. The van der Waals surface area contributed by atoms with Gasteiger partial charge in [0.2, 0.25) is 0 Å². The van der Waals surface area contributed by atoms with Crippen LogP contribution in [0.4, 0.5) is 13.2 Å². The van der Waals surface area contributed by atoms with Crippen LogP contribution >= 0.6 is 0 Å². The van der Waals surface area contributed by atoms with Crippen LogP contribution in [0.25, 0.3) is 0 Å². The molecule has 4 atom stereocenters. The number of rotatable bonds is 7. The lowest BCUT2D eigenvalue weighted by atomic mass is 9.91. The van der Waals surface area contributed by atoms with Crippen molar-refractivity contribution in [3.63, 3.8) is 0 Å². The van der Waals surface area contributed by atoms with E-state index in [1.54, 1.807) is 12.1 Å². The van der Waals surface area contributed by atoms with Crippen molar-refractivity contribution >= 4 is 0 Å². The van der Waals surface area contributed by atoms with E-state index < -0.39 is 11.8 Å². The van der Waals surface area contributed by atoms with Crippen LogP contribution in [0.5, 0.6) is 0 Å². The van der Waals surface area contributed by atoms with Crippen molar-refractivity contribution in [2.45, 2.75) is 78.2 Å². The third-order valence-electron chi connectivity index (χ3n) is 5.20. The fraction of sp³-hybridized carbons (Fsp3) is 0.700. The molecule has 152 valence electrons. The standard InChI is InChI=1S/C14H19F3O.C6H14O2/c1-5-10(2)11-6-8-12(9-7-11)13(3,18-4)14(15,16)17;1-4-5(2)6(3)8-7/h6-10H,5H2,1-4H3;5-7H,4H2,1-3H3. The van der Waals surface area contributed by atoms with E-state index in [9.17, 15) is 13.2 Å². The van der Waals surface area contributed by atoms with Crippen molar-refractivity contribution < 1.29 is 28.1 Å². The van der Waals surface area contributed by atoms with E-state index in [2.05, 4.69) is 16.5 Å². The minimum Gasteiger partial charge on any atom is -0.364 e. The van der Waals surface area contributed by atoms with Gasteiger partial charge in [-0.3, -0.25) is 5.26 Å². The second kappa shape index (κ2) is 10.9. The normalized spacial score (nSPS) is 17.5. The Morgan fingerprint density at radius 2 is 1.50 bits per heavy atom. The molecule has 26 heavy (non-hydrogen) atoms. The summed E-state index contributed by atoms with van der Waals surface area (Å²) in [5.41, 5.74) is -1.08. The molecule has 6 heteroatoms. The SMILES string of the molecule is CCC(C)C(C)OO.CCC(C)c1ccc(C(C)(OC)C(F)(F)F)cc1. The third-order valence-corrected chi connectivity index (χ3v) is 5.20. The number of benzene rings is 1. The summed E-state index contributed by atoms with van der Waals surface area (Å²) in [7, 11) is 1.08. The number of alkyl halides is 3. The quantitative estimate of drug-likeness (QED) is 0.433. The average molecular weight is 378 g/mol. The number of hydrogen-bond donors (Lipinski definition) is 1. The summed E-state index contributed by atoms with van der Waals surface area (Å²) in [4.78, 5) is 4.10. The van der Waals surface area contributed by atoms with Crippen LogP contribution in [0.2, 0.25) is 0 Å². The molecule has 0 spiro atoms. The van der Waals surface area contributed by atoms with Gasteiger partial charge in [0.15, 0.2) is 5.60 Å². The van der Waals surface area contributed by atoms with Gasteiger partial charge in [-0.2, -0.15) is 13.2 Å². The summed E-state index contributed by atoms with van der Waals surface area (Å²) < 4.78 is 43.7. The predicted molar refractivity (Wildman–Crippen MR) is 98.2 cm³/mol. The summed E-state index contributed by atoms with van der Waals surface area (Å²) in [5.74, 6) is 0.790. The monoisotopic (exact) mass is 378 g/mol. The molecule has 0 saturated carbocycles. The van der Waals surface area contributed by atoms with Crippen LogP contribution in [0.1, 0.15) is 71.4 Å². The first-order valence-corrected chi connectivity index (χ1v) is 9.00. The van der Waals surface area contributed by atoms with Gasteiger partial charge in [0.05, 0.1) is 6.10 Å². The van der Waals surface area contributed by atoms with E-state index in [4.69, 9.17) is 5.26 Å². The first-order valence-electron chi connectivity index (χ1n) is 9.00. The maximum absolute atomic E-state index is 13.0. The van der Waals surface area contributed by atoms with Crippen molar-refractivity contribution in [1.82, 2.24) is 0 Å². The van der Waals surface area contributed by atoms with E-state index in [1.807, 2.05) is 27.7 Å². The molecule has 1 N–H and O–H groups in total. The Morgan fingerprint density at radius 3 is 1.77 bits per heavy atom. The minimum atomic E-state index is -4.43. The Hall–Kier alpha value is -1.11. The Kier molecular flexibility index (Phi) is 10.4. The van der Waals surface area contributed by atoms with Gasteiger partial charge in [-0.25, -0.2) is 4.89 Å². The number of methoxy groups -OCH3 is 1. The van der Waals surface area contributed by atoms with E-state index >= 15 is 0 Å². The molecular weight excluding hydrogens is 345 g/mol. The van der Waals surface area contributed by atoms with Crippen molar-refractivity contribution in [3.05, 3.63) is 35.4 Å². The molecule has 3 nitrogen and oxygen atoms in total. The molecule has 1 aromatic carbocycles. The van der Waals surface area contributed by atoms with Gasteiger partial charge in [-0.1, -0.05) is 58.4 Å². The lowest BCUT2D eigenvalue weighted by Crippen LogP contribution is -2.41. The Bertz CT molecular complexity index is 494. The van der Waals surface area contributed by atoms with Crippen LogP contribution in [-0.2, 0) is 15.2 Å². The van der Waals surface area contributed by atoms with Gasteiger partial charge in [0.25, 0.3) is 0 Å². The highest BCUT2D eigenvalue weighted by Gasteiger charge is 2.52. The summed E-state index contributed by atoms with van der Waals surface area (Å²) in [6, 6.07) is 6.48. The Morgan fingerprint density at radius 1 is 1.00 bits per heavy atom. The van der Waals surface area contributed by atoms with Gasteiger partial charge >= 0.3 is 6.18 Å². The van der Waals surface area contributed by atoms with Crippen molar-refractivity contribution in [1.29, 1.82) is 0 Å². The zero-order valence-corrected chi connectivity index (χ0v) is 16.9. The molecular formula is C20H33F3O3. The molecule has 0 aromatic heterocycles. The molecule has 1 rings (SSSR count). The average Bonchev–Trinajstić information content (AvgIpc) is 2.64. The highest BCUT2D eigenvalue weighted by atomic mass is 19.4. The highest BCUT2D eigenvalue weighted by Crippen LogP contribution is 2.41. The third kappa shape index (κ3) is 6.56. The highest BCUT2D eigenvalue weighted by molar-refractivity contribution is 5.30. The Balaban J connectivity index is 0.000000660. The molecule has 0 fully saturated rings. The summed E-state index contributed by atoms with van der Waals surface area (Å²) in [6.07, 6.45) is -2.46. The molecule has 0 aliphatic rings. The van der Waals surface area contributed by atoms with Crippen molar-refractivity contribution in [2.24, 2.45) is 5.92 Å². The van der Waals surface area contributed by atoms with Crippen LogP contribution in [0, 0.1) is 5.92 Å². The molecule has 0 aliphatic heterocycles. The summed E-state index contributed by atoms with van der Waals surface area (Å²) in [5, 5.41) is 8.14. The molecule has 0 heterocycles. The number of hydrogen-bond acceptors (Lipinski definition) is 3. The zero-order valence-electron chi connectivity index (χ0n) is 16.9. The maximum atomic E-state index is 13.0. The molecule has 0 saturated heterocycles. The van der Waals surface area contributed by atoms with Crippen molar-refractivity contribution in [3.8, 4) is 0 Å². The molecule has 0 aliphatic carbocycles. The lowest BCUT2D eigenvalue weighted by molar-refractivity contribution is -0.284. The topological polar surface area (TPSA) is 38.7 Å². The van der Waals surface area contributed by atoms with E-state index in [0.717, 1.165) is 32.4 Å². The predicted octanol–water partition coefficient (Wildman–Crippen LogP) is 6.53. The Labute approximate surface area is 155 Å². The minimum absolute atomic E-state index is 0.0278. The van der Waals surface area contributed by atoms with E-state index in [0.29, 0.717) is 11.8 Å². The van der Waals surface area contributed by atoms with Gasteiger partial charge in [-0.05, 0) is 43.2 Å². The number of halogens is 3. The zero-order chi connectivity index (χ0) is 20.5. The largest absolute Gasteiger partial charge is 0.421 e. The van der Waals surface area contributed by atoms with E-state index in [1.165, 1.54) is 12.1 Å². The molecule has 1 aromatic rings. The summed E-state index contributed by atoms with van der Waals surface area (Å²) in [6.45, 7) is 11.1. The smallest absolute Gasteiger partial charge is 0.364 e. The van der Waals surface area contributed by atoms with Crippen LogP contribution in [0.15, 0.2) is 24.3 Å². The lowest BCUT2D eigenvalue weighted by Gasteiger charge is -2.31. The summed E-state index contributed by atoms with van der Waals surface area (Å²) >= 11 is 0. The van der Waals surface area contributed by atoms with Gasteiger partial charge in [0, 0.05) is 7.11 Å². The molecule has 0 amide bonds. The van der Waals surface area contributed by atoms with Crippen LogP contribution < -0.4 is 0 Å². The fourth-order valence-corrected chi connectivity index (χ4v) is 2.20. The van der Waals surface area contributed by atoms with E-state index in [-0.39, 0.29) is 11.7 Å². The fourth-order valence-electron chi connectivity index (χ4n) is 2.20. The van der Waals surface area contributed by atoms with Crippen LogP contribution in [-0.4, -0.2) is 24.6 Å². The first kappa shape index (κ1) is 24.9. The molecule has 0 bridgehead atoms. The molecule has 0 radical (unpaired) electrons.